The van der Waals surface area contributed by atoms with Gasteiger partial charge in [0.2, 0.25) is 5.91 Å². The normalized spacial score (nSPS) is 17.9. The van der Waals surface area contributed by atoms with Crippen LogP contribution in [0.15, 0.2) is 87.6 Å². The zero-order valence-electron chi connectivity index (χ0n) is 32.3. The van der Waals surface area contributed by atoms with Crippen LogP contribution in [0, 0.1) is 5.92 Å². The fourth-order valence-corrected chi connectivity index (χ4v) is 5.34. The molecule has 0 atom stereocenters. The molecule has 1 saturated carbocycles. The number of rotatable bonds is 12. The number of hydrogen-bond donors (Lipinski definition) is 2. The second kappa shape index (κ2) is 18.6. The zero-order chi connectivity index (χ0) is 37.8. The molecule has 1 heterocycles. The summed E-state index contributed by atoms with van der Waals surface area (Å²) >= 11 is 0. The van der Waals surface area contributed by atoms with Crippen LogP contribution in [0.5, 0.6) is 0 Å². The van der Waals surface area contributed by atoms with Crippen molar-refractivity contribution in [1.82, 2.24) is 10.2 Å². The number of hydrogen-bond acceptors (Lipinski definition) is 8. The maximum absolute atomic E-state index is 13.4. The molecule has 1 aromatic carbocycles. The minimum absolute atomic E-state index is 0.208. The third kappa shape index (κ3) is 12.9. The van der Waals surface area contributed by atoms with Gasteiger partial charge in [0, 0.05) is 47.6 Å². The first-order chi connectivity index (χ1) is 24.0. The van der Waals surface area contributed by atoms with E-state index in [1.165, 1.54) is 0 Å². The van der Waals surface area contributed by atoms with Crippen molar-refractivity contribution in [2.24, 2.45) is 10.9 Å². The molecular formula is C41H58N4O6. The predicted molar refractivity (Wildman–Crippen MR) is 204 cm³/mol. The number of amides is 3. The van der Waals surface area contributed by atoms with E-state index >= 15 is 0 Å². The van der Waals surface area contributed by atoms with Gasteiger partial charge in [-0.1, -0.05) is 44.6 Å². The molecule has 0 bridgehead atoms. The van der Waals surface area contributed by atoms with Crippen molar-refractivity contribution in [3.05, 3.63) is 88.1 Å². The number of allylic oxidation sites excluding steroid dienone is 8. The maximum atomic E-state index is 13.4. The molecule has 10 nitrogen and oxygen atoms in total. The monoisotopic (exact) mass is 702 g/mol. The average Bonchev–Trinajstić information content (AvgIpc) is 3.47. The Hall–Kier alpha value is -4.60. The van der Waals surface area contributed by atoms with Crippen molar-refractivity contribution in [3.8, 4) is 0 Å². The number of anilines is 1. The van der Waals surface area contributed by atoms with E-state index in [9.17, 15) is 14.4 Å². The minimum Gasteiger partial charge on any atom is -0.492 e. The Morgan fingerprint density at radius 2 is 1.73 bits per heavy atom. The van der Waals surface area contributed by atoms with E-state index in [-0.39, 0.29) is 17.6 Å². The van der Waals surface area contributed by atoms with Crippen molar-refractivity contribution in [2.75, 3.05) is 11.9 Å². The standard InChI is InChI=1S/C41H58N4O6/c1-11-13-21-33(28(3)22-24-42-35(16-12-2)45(37(46)31-18-15-19-31)39(48)51-41(8,9)10)36-34(23-25-49-36)29(4)43-27-30-17-14-20-32(26-30)44-38(47)50-40(5,6)7/h13-14,16-17,20-22,24,26,31,43H,11-12,15,18-19,23,25,27H2,1-10H3,(H,44,47)/b21-13+,28-22+,34-29+,35-16-,36-33?,42-24-. The molecule has 3 amide bonds. The number of aliphatic imine (C=N–C) groups is 1. The Bertz CT molecular complexity index is 1600. The summed E-state index contributed by atoms with van der Waals surface area (Å²) in [5.74, 6) is 0.575. The van der Waals surface area contributed by atoms with Crippen molar-refractivity contribution in [1.29, 1.82) is 0 Å². The summed E-state index contributed by atoms with van der Waals surface area (Å²) in [6, 6.07) is 7.65. The van der Waals surface area contributed by atoms with Crippen LogP contribution in [-0.2, 0) is 25.5 Å². The molecule has 1 aromatic rings. The Labute approximate surface area is 304 Å². The number of benzene rings is 1. The summed E-state index contributed by atoms with van der Waals surface area (Å²) < 4.78 is 17.3. The van der Waals surface area contributed by atoms with E-state index in [1.807, 2.05) is 71.9 Å². The lowest BCUT2D eigenvalue weighted by Gasteiger charge is -2.31. The Morgan fingerprint density at radius 1 is 1.02 bits per heavy atom. The van der Waals surface area contributed by atoms with Crippen molar-refractivity contribution in [2.45, 2.75) is 126 Å². The lowest BCUT2D eigenvalue weighted by atomic mass is 9.84. The molecule has 2 aliphatic rings. The third-order valence-corrected chi connectivity index (χ3v) is 8.04. The molecule has 3 rings (SSSR count). The van der Waals surface area contributed by atoms with E-state index in [2.05, 4.69) is 34.7 Å². The zero-order valence-corrected chi connectivity index (χ0v) is 32.3. The van der Waals surface area contributed by atoms with Crippen LogP contribution >= 0.6 is 0 Å². The van der Waals surface area contributed by atoms with Gasteiger partial charge in [0.25, 0.3) is 0 Å². The smallest absolute Gasteiger partial charge is 0.422 e. The molecule has 0 unspecified atom stereocenters. The fourth-order valence-electron chi connectivity index (χ4n) is 5.34. The Kier molecular flexibility index (Phi) is 14.9. The summed E-state index contributed by atoms with van der Waals surface area (Å²) in [6.45, 7) is 20.0. The van der Waals surface area contributed by atoms with Crippen LogP contribution in [0.3, 0.4) is 0 Å². The maximum Gasteiger partial charge on any atom is 0.422 e. The van der Waals surface area contributed by atoms with Crippen LogP contribution in [0.2, 0.25) is 0 Å². The van der Waals surface area contributed by atoms with Gasteiger partial charge in [-0.15, -0.1) is 0 Å². The molecule has 2 N–H and O–H groups in total. The van der Waals surface area contributed by atoms with E-state index in [0.29, 0.717) is 25.3 Å². The third-order valence-electron chi connectivity index (χ3n) is 8.04. The topological polar surface area (TPSA) is 119 Å². The van der Waals surface area contributed by atoms with Gasteiger partial charge in [-0.05, 0) is 116 Å². The van der Waals surface area contributed by atoms with Crippen LogP contribution in [-0.4, -0.2) is 47.0 Å². The van der Waals surface area contributed by atoms with Crippen LogP contribution in [0.4, 0.5) is 15.3 Å². The molecule has 0 radical (unpaired) electrons. The highest BCUT2D eigenvalue weighted by atomic mass is 16.6. The van der Waals surface area contributed by atoms with Gasteiger partial charge < -0.3 is 19.5 Å². The van der Waals surface area contributed by atoms with Crippen molar-refractivity contribution in [3.63, 3.8) is 0 Å². The highest BCUT2D eigenvalue weighted by Gasteiger charge is 2.37. The number of imide groups is 1. The second-order valence-electron chi connectivity index (χ2n) is 14.8. The van der Waals surface area contributed by atoms with Crippen molar-refractivity contribution < 1.29 is 28.6 Å². The Morgan fingerprint density at radius 3 is 2.33 bits per heavy atom. The van der Waals surface area contributed by atoms with Gasteiger partial charge in [0.05, 0.1) is 6.61 Å². The lowest BCUT2D eigenvalue weighted by Crippen LogP contribution is -2.44. The van der Waals surface area contributed by atoms with Gasteiger partial charge >= 0.3 is 12.2 Å². The number of ether oxygens (including phenoxy) is 3. The van der Waals surface area contributed by atoms with E-state index in [1.54, 1.807) is 33.1 Å². The van der Waals surface area contributed by atoms with Gasteiger partial charge in [0.15, 0.2) is 0 Å². The van der Waals surface area contributed by atoms with Gasteiger partial charge in [-0.25, -0.2) is 14.6 Å². The highest BCUT2D eigenvalue weighted by Crippen LogP contribution is 2.33. The lowest BCUT2D eigenvalue weighted by molar-refractivity contribution is -0.135. The van der Waals surface area contributed by atoms with E-state index in [4.69, 9.17) is 14.2 Å². The average molecular weight is 703 g/mol. The Balaban J connectivity index is 1.88. The molecule has 2 fully saturated rings. The highest BCUT2D eigenvalue weighted by molar-refractivity contribution is 5.96. The molecule has 1 saturated heterocycles. The molecule has 278 valence electrons. The van der Waals surface area contributed by atoms with Crippen molar-refractivity contribution >= 4 is 30.0 Å². The fraction of sp³-hybridized carbons (Fsp3) is 0.512. The number of carbonyl (C=O) groups is 3. The summed E-state index contributed by atoms with van der Waals surface area (Å²) in [6.07, 6.45) is 12.9. The molecule has 51 heavy (non-hydrogen) atoms. The molecule has 0 spiro atoms. The molecular weight excluding hydrogens is 644 g/mol. The molecule has 10 heteroatoms. The second-order valence-corrected chi connectivity index (χ2v) is 14.8. The number of nitrogens with one attached hydrogen (secondary N) is 2. The molecule has 1 aliphatic heterocycles. The first kappa shape index (κ1) is 40.8. The molecule has 1 aliphatic carbocycles. The van der Waals surface area contributed by atoms with Crippen LogP contribution in [0.1, 0.15) is 113 Å². The SMILES string of the molecule is CC/C=C(/N=C\C=C(/C)C(/C=C/CC)=C1OCC/C1=C(/C)NCc1cccc(NC(=O)OC(C)(C)C)c1)N(C(=O)OC(C)(C)C)C(=O)C1CCC1. The largest absolute Gasteiger partial charge is 0.492 e. The summed E-state index contributed by atoms with van der Waals surface area (Å²) in [5, 5.41) is 6.35. The van der Waals surface area contributed by atoms with Crippen LogP contribution in [0.25, 0.3) is 0 Å². The summed E-state index contributed by atoms with van der Waals surface area (Å²) in [4.78, 5) is 44.7. The van der Waals surface area contributed by atoms with E-state index < -0.39 is 23.4 Å². The van der Waals surface area contributed by atoms with Gasteiger partial charge in [-0.2, -0.15) is 4.90 Å². The minimum atomic E-state index is -0.762. The first-order valence-corrected chi connectivity index (χ1v) is 18.1. The number of carbonyl (C=O) groups excluding carboxylic acids is 3. The van der Waals surface area contributed by atoms with Crippen LogP contribution < -0.4 is 10.6 Å². The predicted octanol–water partition coefficient (Wildman–Crippen LogP) is 9.87. The van der Waals surface area contributed by atoms with Gasteiger partial charge in [0.1, 0.15) is 22.8 Å². The molecule has 0 aromatic heterocycles. The van der Waals surface area contributed by atoms with Gasteiger partial charge in [-0.3, -0.25) is 10.1 Å². The summed E-state index contributed by atoms with van der Waals surface area (Å²) in [5.41, 5.74) is 4.22. The first-order valence-electron chi connectivity index (χ1n) is 18.1. The number of nitrogens with zero attached hydrogens (tertiary/aromatic N) is 2. The summed E-state index contributed by atoms with van der Waals surface area (Å²) in [7, 11) is 0. The van der Waals surface area contributed by atoms with E-state index in [0.717, 1.165) is 70.7 Å². The quantitative estimate of drug-likeness (QED) is 0.208.